The second kappa shape index (κ2) is 9.59. The van der Waals surface area contributed by atoms with E-state index >= 15 is 0 Å². The lowest BCUT2D eigenvalue weighted by Gasteiger charge is -2.24. The quantitative estimate of drug-likeness (QED) is 0.583. The lowest BCUT2D eigenvalue weighted by Crippen LogP contribution is -2.29. The van der Waals surface area contributed by atoms with Crippen molar-refractivity contribution in [2.45, 2.75) is 26.2 Å². The van der Waals surface area contributed by atoms with Crippen molar-refractivity contribution < 1.29 is 4.74 Å². The first-order valence-corrected chi connectivity index (χ1v) is 9.97. The fourth-order valence-electron chi connectivity index (χ4n) is 3.39. The minimum absolute atomic E-state index is 0.558. The molecule has 0 spiro atoms. The van der Waals surface area contributed by atoms with Gasteiger partial charge in [-0.05, 0) is 56.2 Å². The largest absolute Gasteiger partial charge is 0.494 e. The first-order chi connectivity index (χ1) is 13.7. The van der Waals surface area contributed by atoms with Gasteiger partial charge >= 0.3 is 0 Å². The number of benzene rings is 1. The predicted octanol–water partition coefficient (Wildman–Crippen LogP) is 5.03. The molecule has 3 aromatic rings. The van der Waals surface area contributed by atoms with Crippen LogP contribution in [0.2, 0.25) is 5.15 Å². The summed E-state index contributed by atoms with van der Waals surface area (Å²) in [5.74, 6) is 0.700. The summed E-state index contributed by atoms with van der Waals surface area (Å²) in [6, 6.07) is 11.2. The number of aromatic nitrogens is 2. The van der Waals surface area contributed by atoms with Crippen LogP contribution in [0, 0.1) is 11.3 Å². The number of hydrogen-bond donors (Lipinski definition) is 0. The molecule has 0 bridgehead atoms. The van der Waals surface area contributed by atoms with Gasteiger partial charge in [-0.1, -0.05) is 37.1 Å². The third kappa shape index (κ3) is 4.46. The second-order valence-corrected chi connectivity index (χ2v) is 7.11. The van der Waals surface area contributed by atoms with Gasteiger partial charge in [-0.25, -0.2) is 4.98 Å². The molecule has 0 N–H and O–H groups in total. The number of fused-ring (bicyclic) bond motifs is 1. The Morgan fingerprint density at radius 2 is 1.89 bits per heavy atom. The molecule has 2 aromatic heterocycles. The summed E-state index contributed by atoms with van der Waals surface area (Å²) in [7, 11) is 1.61. The minimum Gasteiger partial charge on any atom is -0.494 e. The van der Waals surface area contributed by atoms with Gasteiger partial charge in [0.2, 0.25) is 0 Å². The maximum absolute atomic E-state index is 8.84. The van der Waals surface area contributed by atoms with Gasteiger partial charge in [0.05, 0.1) is 24.9 Å². The van der Waals surface area contributed by atoms with Crippen LogP contribution >= 0.6 is 11.6 Å². The molecule has 1 aliphatic rings. The average Bonchev–Trinajstić information content (AvgIpc) is 3.26. The van der Waals surface area contributed by atoms with Crippen molar-refractivity contribution in [3.8, 4) is 22.9 Å². The van der Waals surface area contributed by atoms with Crippen LogP contribution in [0.3, 0.4) is 0 Å². The molecule has 1 saturated heterocycles. The van der Waals surface area contributed by atoms with Gasteiger partial charge in [-0.15, -0.1) is 0 Å². The number of nitriles is 1. The van der Waals surface area contributed by atoms with Crippen LogP contribution in [0.25, 0.3) is 16.6 Å². The number of hydrogen-bond acceptors (Lipinski definition) is 4. The summed E-state index contributed by atoms with van der Waals surface area (Å²) >= 11 is 6.42. The Hall–Kier alpha value is -2.55. The van der Waals surface area contributed by atoms with Crippen LogP contribution < -0.4 is 4.74 Å². The highest BCUT2D eigenvalue weighted by Gasteiger charge is 2.13. The lowest BCUT2D eigenvalue weighted by molar-refractivity contribution is 0.240. The third-order valence-electron chi connectivity index (χ3n) is 5.04. The molecule has 3 heterocycles. The molecule has 4 rings (SSSR count). The highest BCUT2D eigenvalue weighted by atomic mass is 35.5. The van der Waals surface area contributed by atoms with E-state index in [1.54, 1.807) is 36.2 Å². The van der Waals surface area contributed by atoms with Crippen molar-refractivity contribution >= 4 is 17.1 Å². The van der Waals surface area contributed by atoms with Crippen LogP contribution in [-0.4, -0.2) is 41.0 Å². The Kier molecular flexibility index (Phi) is 6.91. The van der Waals surface area contributed by atoms with Gasteiger partial charge in [0.1, 0.15) is 22.7 Å². The van der Waals surface area contributed by atoms with E-state index in [4.69, 9.17) is 21.6 Å². The molecule has 0 saturated carbocycles. The summed E-state index contributed by atoms with van der Waals surface area (Å²) in [5, 5.41) is 9.40. The summed E-state index contributed by atoms with van der Waals surface area (Å²) < 4.78 is 7.15. The Balaban J connectivity index is 0.000000236. The molecule has 1 aliphatic heterocycles. The van der Waals surface area contributed by atoms with Crippen LogP contribution in [0.1, 0.15) is 31.7 Å². The van der Waals surface area contributed by atoms with Crippen molar-refractivity contribution in [1.82, 2.24) is 14.3 Å². The Labute approximate surface area is 171 Å². The van der Waals surface area contributed by atoms with Gasteiger partial charge in [-0.2, -0.15) is 5.26 Å². The van der Waals surface area contributed by atoms with Crippen LogP contribution in [0.5, 0.6) is 5.75 Å². The zero-order chi connectivity index (χ0) is 19.9. The van der Waals surface area contributed by atoms with E-state index in [9.17, 15) is 0 Å². The molecule has 0 radical (unpaired) electrons. The molecule has 0 atom stereocenters. The summed E-state index contributed by atoms with van der Waals surface area (Å²) in [5.41, 5.74) is 3.18. The van der Waals surface area contributed by atoms with Crippen LogP contribution in [-0.2, 0) is 0 Å². The first-order valence-electron chi connectivity index (χ1n) is 9.59. The minimum atomic E-state index is 0.558. The molecule has 5 nitrogen and oxygen atoms in total. The SMILES string of the molecule is CCN1CCCCC1.COc1cc(-c2ccc(C#N)cc2)c(Cl)n2cncc12. The number of rotatable bonds is 3. The van der Waals surface area contributed by atoms with Gasteiger partial charge in [0.25, 0.3) is 0 Å². The standard InChI is InChI=1S/C15H10ClN3O.C7H15N/c1-20-14-6-12(11-4-2-10(7-17)3-5-11)15(16)19-9-18-8-13(14)19;1-2-8-6-4-3-5-7-8/h2-6,8-9H,1H3;2-7H2,1H3. The summed E-state index contributed by atoms with van der Waals surface area (Å²) in [6.07, 6.45) is 7.65. The fraction of sp³-hybridized carbons (Fsp3) is 0.364. The monoisotopic (exact) mass is 396 g/mol. The fourth-order valence-corrected chi connectivity index (χ4v) is 3.69. The van der Waals surface area contributed by atoms with E-state index in [1.807, 2.05) is 18.2 Å². The number of piperidine rings is 1. The normalized spacial score (nSPS) is 14.2. The number of ether oxygens (including phenoxy) is 1. The van der Waals surface area contributed by atoms with Gasteiger partial charge < -0.3 is 9.64 Å². The molecule has 28 heavy (non-hydrogen) atoms. The van der Waals surface area contributed by atoms with E-state index < -0.39 is 0 Å². The van der Waals surface area contributed by atoms with Crippen LogP contribution in [0.4, 0.5) is 0 Å². The Bertz CT molecular complexity index is 953. The second-order valence-electron chi connectivity index (χ2n) is 6.75. The molecular weight excluding hydrogens is 372 g/mol. The number of methoxy groups -OCH3 is 1. The Morgan fingerprint density at radius 3 is 2.46 bits per heavy atom. The first kappa shape index (κ1) is 20.2. The third-order valence-corrected chi connectivity index (χ3v) is 5.43. The van der Waals surface area contributed by atoms with Gasteiger partial charge in [0.15, 0.2) is 0 Å². The van der Waals surface area contributed by atoms with Crippen molar-refractivity contribution in [2.75, 3.05) is 26.7 Å². The van der Waals surface area contributed by atoms with Crippen molar-refractivity contribution in [3.05, 3.63) is 53.6 Å². The average molecular weight is 397 g/mol. The molecule has 0 amide bonds. The zero-order valence-electron chi connectivity index (χ0n) is 16.4. The van der Waals surface area contributed by atoms with Crippen LogP contribution in [0.15, 0.2) is 42.9 Å². The molecule has 1 fully saturated rings. The van der Waals surface area contributed by atoms with E-state index in [0.717, 1.165) is 16.6 Å². The zero-order valence-corrected chi connectivity index (χ0v) is 17.1. The van der Waals surface area contributed by atoms with Crippen molar-refractivity contribution in [3.63, 3.8) is 0 Å². The molecule has 1 aromatic carbocycles. The lowest BCUT2D eigenvalue weighted by atomic mass is 10.1. The summed E-state index contributed by atoms with van der Waals surface area (Å²) in [4.78, 5) is 6.61. The topological polar surface area (TPSA) is 53.6 Å². The predicted molar refractivity (Wildman–Crippen MR) is 113 cm³/mol. The number of pyridine rings is 1. The number of nitrogens with zero attached hydrogens (tertiary/aromatic N) is 4. The van der Waals surface area contributed by atoms with E-state index in [0.29, 0.717) is 16.5 Å². The molecule has 146 valence electrons. The highest BCUT2D eigenvalue weighted by Crippen LogP contribution is 2.34. The summed E-state index contributed by atoms with van der Waals surface area (Å²) in [6.45, 7) is 6.18. The smallest absolute Gasteiger partial charge is 0.145 e. The maximum atomic E-state index is 8.84. The maximum Gasteiger partial charge on any atom is 0.145 e. The van der Waals surface area contributed by atoms with Crippen molar-refractivity contribution in [2.24, 2.45) is 0 Å². The highest BCUT2D eigenvalue weighted by molar-refractivity contribution is 6.32. The molecular formula is C22H25ClN4O. The van der Waals surface area contributed by atoms with E-state index in [-0.39, 0.29) is 0 Å². The molecule has 0 aliphatic carbocycles. The molecule has 6 heteroatoms. The van der Waals surface area contributed by atoms with Gasteiger partial charge in [-0.3, -0.25) is 4.40 Å². The van der Waals surface area contributed by atoms with E-state index in [2.05, 4.69) is 22.9 Å². The van der Waals surface area contributed by atoms with Gasteiger partial charge in [0, 0.05) is 5.56 Å². The molecule has 0 unspecified atom stereocenters. The van der Waals surface area contributed by atoms with E-state index in [1.165, 1.54) is 38.9 Å². The number of imidazole rings is 1. The van der Waals surface area contributed by atoms with Crippen molar-refractivity contribution in [1.29, 1.82) is 5.26 Å². The number of halogens is 1. The Morgan fingerprint density at radius 1 is 1.18 bits per heavy atom. The number of likely N-dealkylation sites (tertiary alicyclic amines) is 1.